The molecule has 0 unspecified atom stereocenters. The summed E-state index contributed by atoms with van der Waals surface area (Å²) in [6.45, 7) is 3.85. The monoisotopic (exact) mass is 191 g/mol. The van der Waals surface area contributed by atoms with E-state index in [1.54, 1.807) is 0 Å². The van der Waals surface area contributed by atoms with E-state index < -0.39 is 0 Å². The van der Waals surface area contributed by atoms with Gasteiger partial charge in [-0.3, -0.25) is 0 Å². The topological polar surface area (TPSA) is 60.7 Å². The summed E-state index contributed by atoms with van der Waals surface area (Å²) in [5.74, 6) is 0. The molecule has 4 heteroatoms. The Hall–Kier alpha value is -1.55. The van der Waals surface area contributed by atoms with Gasteiger partial charge < -0.3 is 15.3 Å². The van der Waals surface area contributed by atoms with Gasteiger partial charge in [-0.15, -0.1) is 0 Å². The average Bonchev–Trinajstić information content (AvgIpc) is 2.54. The summed E-state index contributed by atoms with van der Waals surface area (Å²) in [5, 5.41) is 3.23. The van der Waals surface area contributed by atoms with Crippen LogP contribution in [0.25, 0.3) is 11.0 Å². The minimum Gasteiger partial charge on any atom is -0.313 e. The van der Waals surface area contributed by atoms with E-state index in [9.17, 15) is 4.79 Å². The second-order valence-corrected chi connectivity index (χ2v) is 3.24. The van der Waals surface area contributed by atoms with Gasteiger partial charge in [-0.1, -0.05) is 13.0 Å². The molecule has 0 saturated carbocycles. The molecular formula is C10H13N3O. The molecule has 1 heterocycles. The van der Waals surface area contributed by atoms with Gasteiger partial charge in [-0.05, 0) is 24.2 Å². The Labute approximate surface area is 81.3 Å². The lowest BCUT2D eigenvalue weighted by Gasteiger charge is -2.01. The molecule has 4 nitrogen and oxygen atoms in total. The zero-order valence-corrected chi connectivity index (χ0v) is 8.05. The molecule has 14 heavy (non-hydrogen) atoms. The van der Waals surface area contributed by atoms with E-state index in [-0.39, 0.29) is 5.69 Å². The van der Waals surface area contributed by atoms with Crippen molar-refractivity contribution in [3.05, 3.63) is 34.2 Å². The van der Waals surface area contributed by atoms with Crippen molar-refractivity contribution in [1.29, 1.82) is 0 Å². The fourth-order valence-electron chi connectivity index (χ4n) is 1.46. The standard InChI is InChI=1S/C10H13N3O/c1-2-11-6-7-3-4-8-9(5-7)13-10(14)12-8/h3-5,11H,2,6H2,1H3,(H2,12,13,14). The van der Waals surface area contributed by atoms with E-state index in [0.717, 1.165) is 24.1 Å². The van der Waals surface area contributed by atoms with Crippen LogP contribution in [0.3, 0.4) is 0 Å². The summed E-state index contributed by atoms with van der Waals surface area (Å²) in [7, 11) is 0. The normalized spacial score (nSPS) is 10.9. The summed E-state index contributed by atoms with van der Waals surface area (Å²) in [4.78, 5) is 16.4. The molecule has 0 fully saturated rings. The highest BCUT2D eigenvalue weighted by Crippen LogP contribution is 2.09. The first-order chi connectivity index (χ1) is 6.79. The molecular weight excluding hydrogens is 178 g/mol. The number of imidazole rings is 1. The lowest BCUT2D eigenvalue weighted by Crippen LogP contribution is -2.11. The Bertz CT molecular complexity index is 483. The van der Waals surface area contributed by atoms with Crippen LogP contribution in [0.2, 0.25) is 0 Å². The zero-order chi connectivity index (χ0) is 9.97. The van der Waals surface area contributed by atoms with Crippen LogP contribution >= 0.6 is 0 Å². The summed E-state index contributed by atoms with van der Waals surface area (Å²) in [6.07, 6.45) is 0. The van der Waals surface area contributed by atoms with Gasteiger partial charge in [0.1, 0.15) is 0 Å². The van der Waals surface area contributed by atoms with E-state index in [0.29, 0.717) is 0 Å². The Balaban J connectivity index is 2.35. The Morgan fingerprint density at radius 3 is 2.86 bits per heavy atom. The van der Waals surface area contributed by atoms with Crippen LogP contribution in [0.4, 0.5) is 0 Å². The number of benzene rings is 1. The molecule has 2 aromatic rings. The van der Waals surface area contributed by atoms with Crippen LogP contribution < -0.4 is 11.0 Å². The molecule has 0 aliphatic heterocycles. The highest BCUT2D eigenvalue weighted by Gasteiger charge is 1.98. The predicted molar refractivity (Wildman–Crippen MR) is 56.3 cm³/mol. The molecule has 0 spiro atoms. The second kappa shape index (κ2) is 3.67. The van der Waals surface area contributed by atoms with Crippen LogP contribution in [0.1, 0.15) is 12.5 Å². The highest BCUT2D eigenvalue weighted by atomic mass is 16.1. The van der Waals surface area contributed by atoms with Crippen molar-refractivity contribution in [3.63, 3.8) is 0 Å². The van der Waals surface area contributed by atoms with Gasteiger partial charge in [0.05, 0.1) is 11.0 Å². The third kappa shape index (κ3) is 1.70. The number of fused-ring (bicyclic) bond motifs is 1. The van der Waals surface area contributed by atoms with E-state index >= 15 is 0 Å². The van der Waals surface area contributed by atoms with Crippen molar-refractivity contribution in [2.45, 2.75) is 13.5 Å². The SMILES string of the molecule is CCNCc1ccc2[nH]c(=O)[nH]c2c1. The molecule has 74 valence electrons. The van der Waals surface area contributed by atoms with Crippen LogP contribution in [0.15, 0.2) is 23.0 Å². The third-order valence-electron chi connectivity index (χ3n) is 2.16. The molecule has 0 bridgehead atoms. The van der Waals surface area contributed by atoms with E-state index in [4.69, 9.17) is 0 Å². The number of aromatic amines is 2. The Morgan fingerprint density at radius 2 is 2.07 bits per heavy atom. The Morgan fingerprint density at radius 1 is 1.29 bits per heavy atom. The van der Waals surface area contributed by atoms with E-state index in [1.165, 1.54) is 5.56 Å². The third-order valence-corrected chi connectivity index (χ3v) is 2.16. The molecule has 1 aromatic heterocycles. The maximum atomic E-state index is 11.0. The lowest BCUT2D eigenvalue weighted by atomic mass is 10.2. The number of hydrogen-bond donors (Lipinski definition) is 3. The summed E-state index contributed by atoms with van der Waals surface area (Å²) in [5.41, 5.74) is 2.75. The van der Waals surface area contributed by atoms with Crippen molar-refractivity contribution in [2.24, 2.45) is 0 Å². The maximum Gasteiger partial charge on any atom is 0.323 e. The van der Waals surface area contributed by atoms with Crippen molar-refractivity contribution in [3.8, 4) is 0 Å². The molecule has 2 rings (SSSR count). The summed E-state index contributed by atoms with van der Waals surface area (Å²) >= 11 is 0. The molecule has 0 atom stereocenters. The number of H-pyrrole nitrogens is 2. The van der Waals surface area contributed by atoms with Crippen molar-refractivity contribution < 1.29 is 0 Å². The minimum atomic E-state index is -0.152. The van der Waals surface area contributed by atoms with Crippen molar-refractivity contribution in [1.82, 2.24) is 15.3 Å². The fraction of sp³-hybridized carbons (Fsp3) is 0.300. The van der Waals surface area contributed by atoms with Gasteiger partial charge in [0.15, 0.2) is 0 Å². The Kier molecular flexibility index (Phi) is 2.37. The van der Waals surface area contributed by atoms with E-state index in [1.807, 2.05) is 18.2 Å². The first-order valence-electron chi connectivity index (χ1n) is 4.71. The van der Waals surface area contributed by atoms with Gasteiger partial charge in [-0.2, -0.15) is 0 Å². The maximum absolute atomic E-state index is 11.0. The zero-order valence-electron chi connectivity index (χ0n) is 8.05. The first-order valence-corrected chi connectivity index (χ1v) is 4.71. The van der Waals surface area contributed by atoms with Crippen LogP contribution in [0, 0.1) is 0 Å². The minimum absolute atomic E-state index is 0.152. The van der Waals surface area contributed by atoms with Gasteiger partial charge in [0.25, 0.3) is 0 Å². The van der Waals surface area contributed by atoms with E-state index in [2.05, 4.69) is 22.2 Å². The van der Waals surface area contributed by atoms with Gasteiger partial charge in [0.2, 0.25) is 0 Å². The predicted octanol–water partition coefficient (Wildman–Crippen LogP) is 0.966. The van der Waals surface area contributed by atoms with Crippen LogP contribution in [-0.4, -0.2) is 16.5 Å². The summed E-state index contributed by atoms with van der Waals surface area (Å²) < 4.78 is 0. The van der Waals surface area contributed by atoms with Crippen molar-refractivity contribution >= 4 is 11.0 Å². The van der Waals surface area contributed by atoms with Gasteiger partial charge in [0, 0.05) is 6.54 Å². The number of hydrogen-bond acceptors (Lipinski definition) is 2. The first kappa shape index (κ1) is 9.02. The molecule has 0 saturated heterocycles. The van der Waals surface area contributed by atoms with Crippen LogP contribution in [0.5, 0.6) is 0 Å². The van der Waals surface area contributed by atoms with Crippen LogP contribution in [-0.2, 0) is 6.54 Å². The van der Waals surface area contributed by atoms with Gasteiger partial charge in [-0.25, -0.2) is 4.79 Å². The highest BCUT2D eigenvalue weighted by molar-refractivity contribution is 5.74. The number of nitrogens with one attached hydrogen (secondary N) is 3. The molecule has 0 amide bonds. The van der Waals surface area contributed by atoms with Crippen molar-refractivity contribution in [2.75, 3.05) is 6.54 Å². The largest absolute Gasteiger partial charge is 0.323 e. The average molecular weight is 191 g/mol. The smallest absolute Gasteiger partial charge is 0.313 e. The molecule has 1 aromatic carbocycles. The number of aromatic nitrogens is 2. The second-order valence-electron chi connectivity index (χ2n) is 3.24. The molecule has 0 aliphatic rings. The number of rotatable bonds is 3. The lowest BCUT2D eigenvalue weighted by molar-refractivity contribution is 0.727. The summed E-state index contributed by atoms with van der Waals surface area (Å²) in [6, 6.07) is 5.91. The molecule has 0 aliphatic carbocycles. The fourth-order valence-corrected chi connectivity index (χ4v) is 1.46. The quantitative estimate of drug-likeness (QED) is 0.677. The molecule has 0 radical (unpaired) electrons. The van der Waals surface area contributed by atoms with Gasteiger partial charge >= 0.3 is 5.69 Å². The molecule has 3 N–H and O–H groups in total.